The predicted molar refractivity (Wildman–Crippen MR) is 57.6 cm³/mol. The lowest BCUT2D eigenvalue weighted by molar-refractivity contribution is 0.196. The van der Waals surface area contributed by atoms with Crippen molar-refractivity contribution >= 4 is 17.8 Å². The molecule has 1 N–H and O–H groups in total. The minimum atomic E-state index is -2.38. The SMILES string of the molecule is CO[SiH](CC[Si](CO)(OC)OC)OC. The summed E-state index contributed by atoms with van der Waals surface area (Å²) in [6, 6.07) is 1.50. The Labute approximate surface area is 88.0 Å². The maximum absolute atomic E-state index is 9.18. The lowest BCUT2D eigenvalue weighted by Crippen LogP contribution is -2.45. The van der Waals surface area contributed by atoms with Crippen LogP contribution in [0.25, 0.3) is 0 Å². The smallest absolute Gasteiger partial charge is 0.363 e. The van der Waals surface area contributed by atoms with E-state index in [9.17, 15) is 5.11 Å². The number of hydrogen-bond acceptors (Lipinski definition) is 5. The molecule has 0 rings (SSSR count). The van der Waals surface area contributed by atoms with Crippen molar-refractivity contribution in [1.82, 2.24) is 0 Å². The van der Waals surface area contributed by atoms with Crippen LogP contribution in [0.2, 0.25) is 12.1 Å². The summed E-state index contributed by atoms with van der Waals surface area (Å²) in [5.74, 6) is 0. The molecule has 0 aromatic rings. The Morgan fingerprint density at radius 1 is 1.07 bits per heavy atom. The first kappa shape index (κ1) is 14.2. The number of aliphatic hydroxyl groups is 1. The highest BCUT2D eigenvalue weighted by molar-refractivity contribution is 6.68. The molecule has 0 heterocycles. The summed E-state index contributed by atoms with van der Waals surface area (Å²) in [7, 11) is 2.47. The van der Waals surface area contributed by atoms with Crippen LogP contribution in [0, 0.1) is 0 Å². The molecule has 0 aromatic carbocycles. The summed E-state index contributed by atoms with van der Waals surface area (Å²) in [6.07, 6.45) is -0.0332. The second-order valence-electron chi connectivity index (χ2n) is 2.92. The molecule has 0 bridgehead atoms. The van der Waals surface area contributed by atoms with E-state index in [1.54, 1.807) is 28.4 Å². The third-order valence-corrected chi connectivity index (χ3v) is 7.68. The first-order valence-electron chi connectivity index (χ1n) is 4.44. The van der Waals surface area contributed by atoms with Gasteiger partial charge in [-0.15, -0.1) is 0 Å². The van der Waals surface area contributed by atoms with Crippen LogP contribution in [-0.4, -0.2) is 57.6 Å². The average Bonchev–Trinajstić information content (AvgIpc) is 2.26. The van der Waals surface area contributed by atoms with Crippen LogP contribution in [0.1, 0.15) is 0 Å². The fourth-order valence-electron chi connectivity index (χ4n) is 1.17. The van der Waals surface area contributed by atoms with Gasteiger partial charge in [-0.25, -0.2) is 0 Å². The molecule has 0 saturated heterocycles. The maximum atomic E-state index is 9.18. The Bertz CT molecular complexity index is 130. The van der Waals surface area contributed by atoms with Gasteiger partial charge in [0.15, 0.2) is 0 Å². The van der Waals surface area contributed by atoms with Crippen LogP contribution in [0.4, 0.5) is 0 Å². The molecule has 0 spiro atoms. The fraction of sp³-hybridized carbons (Fsp3) is 1.00. The van der Waals surface area contributed by atoms with E-state index in [2.05, 4.69) is 0 Å². The minimum absolute atomic E-state index is 0.0332. The zero-order valence-corrected chi connectivity index (χ0v) is 11.4. The summed E-state index contributed by atoms with van der Waals surface area (Å²) in [4.78, 5) is 0. The van der Waals surface area contributed by atoms with Crippen molar-refractivity contribution in [3.05, 3.63) is 0 Å². The van der Waals surface area contributed by atoms with Gasteiger partial charge >= 0.3 is 17.8 Å². The fourth-order valence-corrected chi connectivity index (χ4v) is 5.52. The summed E-state index contributed by atoms with van der Waals surface area (Å²) < 4.78 is 20.9. The van der Waals surface area contributed by atoms with E-state index in [1.165, 1.54) is 0 Å². The largest absolute Gasteiger partial charge is 0.400 e. The Morgan fingerprint density at radius 3 is 1.86 bits per heavy atom. The van der Waals surface area contributed by atoms with Gasteiger partial charge in [0.2, 0.25) is 0 Å². The zero-order valence-electron chi connectivity index (χ0n) is 9.28. The third-order valence-electron chi connectivity index (χ3n) is 2.27. The number of aliphatic hydroxyl groups excluding tert-OH is 1. The molecular weight excluding hydrogens is 220 g/mol. The summed E-state index contributed by atoms with van der Waals surface area (Å²) in [5.41, 5.74) is 0. The van der Waals surface area contributed by atoms with Crippen molar-refractivity contribution in [1.29, 1.82) is 0 Å². The number of rotatable bonds is 8. The van der Waals surface area contributed by atoms with Crippen molar-refractivity contribution in [2.24, 2.45) is 0 Å². The molecule has 0 saturated carbocycles. The Balaban J connectivity index is 4.04. The molecule has 5 nitrogen and oxygen atoms in total. The molecule has 14 heavy (non-hydrogen) atoms. The van der Waals surface area contributed by atoms with Crippen molar-refractivity contribution in [2.45, 2.75) is 12.1 Å². The van der Waals surface area contributed by atoms with E-state index in [4.69, 9.17) is 17.7 Å². The molecule has 86 valence electrons. The molecule has 0 fully saturated rings. The second-order valence-corrected chi connectivity index (χ2v) is 8.75. The molecule has 0 radical (unpaired) electrons. The van der Waals surface area contributed by atoms with Crippen molar-refractivity contribution in [3.63, 3.8) is 0 Å². The Kier molecular flexibility index (Phi) is 7.64. The van der Waals surface area contributed by atoms with Gasteiger partial charge < -0.3 is 22.8 Å². The van der Waals surface area contributed by atoms with E-state index in [0.29, 0.717) is 6.04 Å². The van der Waals surface area contributed by atoms with Crippen LogP contribution in [0.15, 0.2) is 0 Å². The van der Waals surface area contributed by atoms with Gasteiger partial charge in [0.1, 0.15) is 0 Å². The van der Waals surface area contributed by atoms with Crippen molar-refractivity contribution in [3.8, 4) is 0 Å². The van der Waals surface area contributed by atoms with Gasteiger partial charge in [-0.05, 0) is 12.1 Å². The molecule has 0 aliphatic carbocycles. The van der Waals surface area contributed by atoms with Gasteiger partial charge in [0.25, 0.3) is 0 Å². The monoisotopic (exact) mass is 240 g/mol. The highest BCUT2D eigenvalue weighted by atomic mass is 28.4. The van der Waals surface area contributed by atoms with E-state index >= 15 is 0 Å². The molecule has 0 aliphatic heterocycles. The van der Waals surface area contributed by atoms with Crippen LogP contribution >= 0.6 is 0 Å². The van der Waals surface area contributed by atoms with Gasteiger partial charge in [-0.3, -0.25) is 0 Å². The standard InChI is InChI=1S/C7H20O5Si2/c1-9-13(10-2)5-6-14(7-8,11-3)12-4/h8,13H,5-7H2,1-4H3. The normalized spacial score (nSPS) is 12.4. The van der Waals surface area contributed by atoms with E-state index in [-0.39, 0.29) is 6.23 Å². The third kappa shape index (κ3) is 4.17. The maximum Gasteiger partial charge on any atom is 0.363 e. The van der Waals surface area contributed by atoms with E-state index in [0.717, 1.165) is 6.04 Å². The molecule has 0 aliphatic rings. The van der Waals surface area contributed by atoms with Crippen LogP contribution < -0.4 is 0 Å². The van der Waals surface area contributed by atoms with E-state index < -0.39 is 17.8 Å². The Hall–Kier alpha value is 0.234. The first-order chi connectivity index (χ1) is 6.67. The molecule has 7 heteroatoms. The van der Waals surface area contributed by atoms with Crippen LogP contribution in [0.5, 0.6) is 0 Å². The van der Waals surface area contributed by atoms with Gasteiger partial charge in [-0.1, -0.05) is 0 Å². The molecule has 0 aromatic heterocycles. The first-order valence-corrected chi connectivity index (χ1v) is 8.43. The topological polar surface area (TPSA) is 57.2 Å². The van der Waals surface area contributed by atoms with Gasteiger partial charge in [0, 0.05) is 28.4 Å². The molecular formula is C7H20O5Si2. The minimum Gasteiger partial charge on any atom is -0.400 e. The lowest BCUT2D eigenvalue weighted by atomic mass is 10.9. The van der Waals surface area contributed by atoms with Crippen molar-refractivity contribution < 1.29 is 22.8 Å². The predicted octanol–water partition coefficient (Wildman–Crippen LogP) is -0.234. The highest BCUT2D eigenvalue weighted by Crippen LogP contribution is 2.15. The number of hydrogen-bond donors (Lipinski definition) is 1. The molecule has 0 amide bonds. The van der Waals surface area contributed by atoms with Gasteiger partial charge in [-0.2, -0.15) is 0 Å². The average molecular weight is 240 g/mol. The summed E-state index contributed by atoms with van der Waals surface area (Å²) >= 11 is 0. The quantitative estimate of drug-likeness (QED) is 0.594. The summed E-state index contributed by atoms with van der Waals surface area (Å²) in [6.45, 7) is 0. The van der Waals surface area contributed by atoms with Crippen LogP contribution in [-0.2, 0) is 17.7 Å². The van der Waals surface area contributed by atoms with Crippen molar-refractivity contribution in [2.75, 3.05) is 34.7 Å². The zero-order chi connectivity index (χ0) is 11.0. The lowest BCUT2D eigenvalue weighted by Gasteiger charge is -2.25. The van der Waals surface area contributed by atoms with E-state index in [1.807, 2.05) is 0 Å². The molecule has 0 unspecified atom stereocenters. The Morgan fingerprint density at radius 2 is 1.57 bits per heavy atom. The summed E-state index contributed by atoms with van der Waals surface area (Å²) in [5, 5.41) is 9.18. The highest BCUT2D eigenvalue weighted by Gasteiger charge is 2.35. The van der Waals surface area contributed by atoms with Gasteiger partial charge in [0.05, 0.1) is 6.23 Å². The molecule has 0 atom stereocenters. The second kappa shape index (κ2) is 7.52. The van der Waals surface area contributed by atoms with Crippen LogP contribution in [0.3, 0.4) is 0 Å².